The largest absolute Gasteiger partial charge is 0.396 e. The number of hydrogen-bond donors (Lipinski definition) is 1. The average Bonchev–Trinajstić information content (AvgIpc) is 2.67. The lowest BCUT2D eigenvalue weighted by Gasteiger charge is -2.20. The van der Waals surface area contributed by atoms with Gasteiger partial charge in [-0.15, -0.1) is 0 Å². The van der Waals surface area contributed by atoms with E-state index in [0.29, 0.717) is 0 Å². The van der Waals surface area contributed by atoms with Gasteiger partial charge >= 0.3 is 0 Å². The molecule has 0 spiro atoms. The van der Waals surface area contributed by atoms with Crippen LogP contribution in [0, 0.1) is 0 Å². The second-order valence-electron chi connectivity index (χ2n) is 5.94. The molecule has 2 aromatic rings. The van der Waals surface area contributed by atoms with Crippen molar-refractivity contribution < 1.29 is 5.11 Å². The number of likely N-dealkylation sites (tertiary alicyclic amines) is 1. The van der Waals surface area contributed by atoms with Crippen LogP contribution in [0.1, 0.15) is 37.9 Å². The Bertz CT molecular complexity index is 570. The van der Waals surface area contributed by atoms with Gasteiger partial charge < -0.3 is 9.67 Å². The molecule has 0 bridgehead atoms. The van der Waals surface area contributed by atoms with Gasteiger partial charge in [-0.25, -0.2) is 4.98 Å². The molecule has 0 amide bonds. The van der Waals surface area contributed by atoms with Crippen LogP contribution >= 0.6 is 0 Å². The summed E-state index contributed by atoms with van der Waals surface area (Å²) >= 11 is 0. The number of aryl methyl sites for hydroxylation is 1. The monoisotopic (exact) mass is 287 g/mol. The minimum atomic E-state index is 0.232. The van der Waals surface area contributed by atoms with Crippen molar-refractivity contribution >= 4 is 11.0 Å². The van der Waals surface area contributed by atoms with Gasteiger partial charge in [-0.2, -0.15) is 0 Å². The molecule has 2 heterocycles. The molecule has 1 N–H and O–H groups in total. The van der Waals surface area contributed by atoms with E-state index in [4.69, 9.17) is 10.1 Å². The fraction of sp³-hybridized carbons (Fsp3) is 0.588. The van der Waals surface area contributed by atoms with Crippen molar-refractivity contribution in [2.75, 3.05) is 19.7 Å². The number of hydrogen-bond acceptors (Lipinski definition) is 3. The number of aliphatic hydroxyl groups is 1. The Balaban J connectivity index is 1.85. The molecular weight excluding hydrogens is 262 g/mol. The van der Waals surface area contributed by atoms with Crippen molar-refractivity contribution in [1.82, 2.24) is 14.5 Å². The van der Waals surface area contributed by atoms with Crippen LogP contribution in [-0.4, -0.2) is 39.3 Å². The number of aromatic nitrogens is 2. The van der Waals surface area contributed by atoms with Crippen molar-refractivity contribution in [1.29, 1.82) is 0 Å². The Morgan fingerprint density at radius 1 is 1.05 bits per heavy atom. The molecule has 1 aromatic carbocycles. The maximum absolute atomic E-state index is 9.14. The Labute approximate surface area is 126 Å². The van der Waals surface area contributed by atoms with Crippen LogP contribution in [0.4, 0.5) is 0 Å². The summed E-state index contributed by atoms with van der Waals surface area (Å²) < 4.78 is 2.29. The summed E-state index contributed by atoms with van der Waals surface area (Å²) in [5.74, 6) is 1.14. The standard InChI is InChI=1S/C17H25N3O/c21-13-7-12-20-16-9-4-3-8-15(16)18-17(20)14-19-10-5-1-2-6-11-19/h3-4,8-9,21H,1-2,5-7,10-14H2. The molecule has 3 rings (SSSR count). The molecule has 1 aliphatic rings. The molecule has 4 heteroatoms. The minimum absolute atomic E-state index is 0.232. The molecule has 1 aliphatic heterocycles. The molecule has 4 nitrogen and oxygen atoms in total. The van der Waals surface area contributed by atoms with Crippen LogP contribution in [0.2, 0.25) is 0 Å². The van der Waals surface area contributed by atoms with E-state index >= 15 is 0 Å². The van der Waals surface area contributed by atoms with Gasteiger partial charge in [-0.05, 0) is 44.5 Å². The van der Waals surface area contributed by atoms with E-state index in [1.165, 1.54) is 44.3 Å². The molecular formula is C17H25N3O. The Kier molecular flexibility index (Phi) is 4.88. The van der Waals surface area contributed by atoms with E-state index in [2.05, 4.69) is 27.7 Å². The highest BCUT2D eigenvalue weighted by atomic mass is 16.3. The zero-order valence-corrected chi connectivity index (χ0v) is 12.7. The van der Waals surface area contributed by atoms with E-state index < -0.39 is 0 Å². The summed E-state index contributed by atoms with van der Waals surface area (Å²) in [5, 5.41) is 9.14. The fourth-order valence-corrected chi connectivity index (χ4v) is 3.22. The summed E-state index contributed by atoms with van der Waals surface area (Å²) in [6, 6.07) is 8.32. The smallest absolute Gasteiger partial charge is 0.124 e. The van der Waals surface area contributed by atoms with Crippen LogP contribution in [0.25, 0.3) is 11.0 Å². The van der Waals surface area contributed by atoms with Crippen molar-refractivity contribution in [3.05, 3.63) is 30.1 Å². The van der Waals surface area contributed by atoms with Gasteiger partial charge in [0.1, 0.15) is 5.82 Å². The molecule has 0 aliphatic carbocycles. The Morgan fingerprint density at radius 2 is 1.81 bits per heavy atom. The van der Waals surface area contributed by atoms with Crippen molar-refractivity contribution in [2.45, 2.75) is 45.2 Å². The van der Waals surface area contributed by atoms with E-state index in [0.717, 1.165) is 30.9 Å². The zero-order valence-electron chi connectivity index (χ0n) is 12.7. The second kappa shape index (κ2) is 7.05. The number of fused-ring (bicyclic) bond motifs is 1. The number of aliphatic hydroxyl groups excluding tert-OH is 1. The first-order chi connectivity index (χ1) is 10.4. The minimum Gasteiger partial charge on any atom is -0.396 e. The number of benzene rings is 1. The lowest BCUT2D eigenvalue weighted by molar-refractivity contribution is 0.259. The second-order valence-corrected chi connectivity index (χ2v) is 5.94. The molecule has 114 valence electrons. The summed E-state index contributed by atoms with van der Waals surface area (Å²) in [5.41, 5.74) is 2.26. The highest BCUT2D eigenvalue weighted by Crippen LogP contribution is 2.19. The summed E-state index contributed by atoms with van der Waals surface area (Å²) in [7, 11) is 0. The molecule has 0 unspecified atom stereocenters. The average molecular weight is 287 g/mol. The third kappa shape index (κ3) is 3.44. The van der Waals surface area contributed by atoms with Gasteiger partial charge in [0.25, 0.3) is 0 Å². The zero-order chi connectivity index (χ0) is 14.5. The van der Waals surface area contributed by atoms with Crippen LogP contribution in [0.3, 0.4) is 0 Å². The Morgan fingerprint density at radius 3 is 2.57 bits per heavy atom. The highest BCUT2D eigenvalue weighted by molar-refractivity contribution is 5.75. The van der Waals surface area contributed by atoms with E-state index in [9.17, 15) is 0 Å². The maximum Gasteiger partial charge on any atom is 0.124 e. The van der Waals surface area contributed by atoms with E-state index in [1.54, 1.807) is 0 Å². The lowest BCUT2D eigenvalue weighted by Crippen LogP contribution is -2.26. The molecule has 1 aromatic heterocycles. The Hall–Kier alpha value is -1.39. The van der Waals surface area contributed by atoms with Crippen molar-refractivity contribution in [3.63, 3.8) is 0 Å². The fourth-order valence-electron chi connectivity index (χ4n) is 3.22. The van der Waals surface area contributed by atoms with Gasteiger partial charge in [0.2, 0.25) is 0 Å². The first-order valence-corrected chi connectivity index (χ1v) is 8.16. The normalized spacial score (nSPS) is 17.2. The molecule has 0 saturated carbocycles. The third-order valence-electron chi connectivity index (χ3n) is 4.34. The van der Waals surface area contributed by atoms with Crippen LogP contribution in [-0.2, 0) is 13.1 Å². The van der Waals surface area contributed by atoms with Gasteiger partial charge in [0.05, 0.1) is 17.6 Å². The molecule has 0 atom stereocenters. The summed E-state index contributed by atoms with van der Waals surface area (Å²) in [6.45, 7) is 4.38. The van der Waals surface area contributed by atoms with Crippen LogP contribution in [0.5, 0.6) is 0 Å². The number of rotatable bonds is 5. The molecule has 0 radical (unpaired) electrons. The first-order valence-electron chi connectivity index (χ1n) is 8.16. The van der Waals surface area contributed by atoms with E-state index in [-0.39, 0.29) is 6.61 Å². The van der Waals surface area contributed by atoms with Gasteiger partial charge in [-0.3, -0.25) is 4.90 Å². The van der Waals surface area contributed by atoms with Crippen LogP contribution in [0.15, 0.2) is 24.3 Å². The van der Waals surface area contributed by atoms with Crippen molar-refractivity contribution in [3.8, 4) is 0 Å². The number of imidazole rings is 1. The number of para-hydroxylation sites is 2. The maximum atomic E-state index is 9.14. The summed E-state index contributed by atoms with van der Waals surface area (Å²) in [4.78, 5) is 7.36. The van der Waals surface area contributed by atoms with E-state index in [1.807, 2.05) is 6.07 Å². The summed E-state index contributed by atoms with van der Waals surface area (Å²) in [6.07, 6.45) is 6.11. The molecule has 1 fully saturated rings. The number of nitrogens with zero attached hydrogens (tertiary/aromatic N) is 3. The predicted molar refractivity (Wildman–Crippen MR) is 85.2 cm³/mol. The van der Waals surface area contributed by atoms with Gasteiger partial charge in [0, 0.05) is 13.2 Å². The highest BCUT2D eigenvalue weighted by Gasteiger charge is 2.15. The topological polar surface area (TPSA) is 41.3 Å². The molecule has 1 saturated heterocycles. The molecule has 21 heavy (non-hydrogen) atoms. The lowest BCUT2D eigenvalue weighted by atomic mass is 10.2. The van der Waals surface area contributed by atoms with Gasteiger partial charge in [-0.1, -0.05) is 25.0 Å². The van der Waals surface area contributed by atoms with Crippen LogP contribution < -0.4 is 0 Å². The first kappa shape index (κ1) is 14.5. The quantitative estimate of drug-likeness (QED) is 0.919. The van der Waals surface area contributed by atoms with Crippen molar-refractivity contribution in [2.24, 2.45) is 0 Å². The van der Waals surface area contributed by atoms with Gasteiger partial charge in [0.15, 0.2) is 0 Å². The third-order valence-corrected chi connectivity index (χ3v) is 4.34. The SMILES string of the molecule is OCCCn1c(CN2CCCCCC2)nc2ccccc21. The predicted octanol–water partition coefficient (Wildman–Crippen LogP) is 2.79.